The monoisotopic (exact) mass is 414 g/mol. The second-order valence-corrected chi connectivity index (χ2v) is 6.91. The van der Waals surface area contributed by atoms with Crippen LogP contribution in [0.25, 0.3) is 0 Å². The van der Waals surface area contributed by atoms with Gasteiger partial charge in [0.1, 0.15) is 12.4 Å². The van der Waals surface area contributed by atoms with Crippen molar-refractivity contribution in [3.8, 4) is 17.2 Å². The molecule has 0 aliphatic carbocycles. The van der Waals surface area contributed by atoms with Gasteiger partial charge < -0.3 is 24.1 Å². The molecule has 0 aliphatic heterocycles. The van der Waals surface area contributed by atoms with Crippen LogP contribution in [0, 0.1) is 0 Å². The number of nitrogens with one attached hydrogen (secondary N) is 1. The van der Waals surface area contributed by atoms with Crippen LogP contribution >= 0.6 is 11.8 Å². The number of carbonyl (C=O) groups excluding carboxylic acids is 1. The fraction of sp³-hybridized carbons (Fsp3) is 0.250. The van der Waals surface area contributed by atoms with Gasteiger partial charge in [-0.15, -0.1) is 10.2 Å². The standard InChI is InChI=1S/C20H22N4O4S/c1-24-18(12-28-15-7-5-4-6-8-15)22-23-20(24)29-13-19(25)21-14-9-10-16(26-2)17(11-14)27-3/h4-11H,12-13H2,1-3H3,(H,21,25). The lowest BCUT2D eigenvalue weighted by molar-refractivity contribution is -0.113. The number of ether oxygens (including phenoxy) is 3. The summed E-state index contributed by atoms with van der Waals surface area (Å²) >= 11 is 1.30. The van der Waals surface area contributed by atoms with E-state index in [1.165, 1.54) is 11.8 Å². The van der Waals surface area contributed by atoms with Gasteiger partial charge in [-0.25, -0.2) is 0 Å². The summed E-state index contributed by atoms with van der Waals surface area (Å²) in [6.07, 6.45) is 0. The van der Waals surface area contributed by atoms with Crippen LogP contribution in [0.5, 0.6) is 17.2 Å². The molecule has 0 bridgehead atoms. The lowest BCUT2D eigenvalue weighted by atomic mass is 10.2. The first kappa shape index (κ1) is 20.5. The molecule has 29 heavy (non-hydrogen) atoms. The summed E-state index contributed by atoms with van der Waals surface area (Å²) in [5, 5.41) is 11.7. The van der Waals surface area contributed by atoms with Crippen molar-refractivity contribution in [3.63, 3.8) is 0 Å². The number of hydrogen-bond acceptors (Lipinski definition) is 7. The zero-order chi connectivity index (χ0) is 20.6. The molecule has 0 radical (unpaired) electrons. The third kappa shape index (κ3) is 5.41. The van der Waals surface area contributed by atoms with E-state index < -0.39 is 0 Å². The van der Waals surface area contributed by atoms with Gasteiger partial charge in [-0.2, -0.15) is 0 Å². The van der Waals surface area contributed by atoms with Crippen LogP contribution in [0.15, 0.2) is 53.7 Å². The molecule has 3 rings (SSSR count). The lowest BCUT2D eigenvalue weighted by Gasteiger charge is -2.10. The van der Waals surface area contributed by atoms with Gasteiger partial charge in [0, 0.05) is 18.8 Å². The van der Waals surface area contributed by atoms with Gasteiger partial charge in [-0.3, -0.25) is 4.79 Å². The highest BCUT2D eigenvalue weighted by molar-refractivity contribution is 7.99. The maximum absolute atomic E-state index is 12.3. The summed E-state index contributed by atoms with van der Waals surface area (Å²) in [4.78, 5) is 12.3. The molecule has 0 fully saturated rings. The first-order valence-corrected chi connectivity index (χ1v) is 9.80. The number of rotatable bonds is 9. The maximum atomic E-state index is 12.3. The molecule has 0 aliphatic rings. The molecular formula is C20H22N4O4S. The highest BCUT2D eigenvalue weighted by atomic mass is 32.2. The van der Waals surface area contributed by atoms with Crippen molar-refractivity contribution in [1.82, 2.24) is 14.8 Å². The number of carbonyl (C=O) groups is 1. The number of hydrogen-bond donors (Lipinski definition) is 1. The lowest BCUT2D eigenvalue weighted by Crippen LogP contribution is -2.14. The Labute approximate surface area is 173 Å². The van der Waals surface area contributed by atoms with Crippen LogP contribution in [0.1, 0.15) is 5.82 Å². The van der Waals surface area contributed by atoms with E-state index >= 15 is 0 Å². The fourth-order valence-corrected chi connectivity index (χ4v) is 3.23. The zero-order valence-electron chi connectivity index (χ0n) is 16.4. The number of nitrogens with zero attached hydrogens (tertiary/aromatic N) is 3. The number of benzene rings is 2. The Morgan fingerprint density at radius 3 is 2.55 bits per heavy atom. The number of thioether (sulfide) groups is 1. The molecule has 0 atom stereocenters. The highest BCUT2D eigenvalue weighted by Gasteiger charge is 2.13. The van der Waals surface area contributed by atoms with E-state index in [4.69, 9.17) is 14.2 Å². The van der Waals surface area contributed by atoms with Crippen LogP contribution in [0.4, 0.5) is 5.69 Å². The van der Waals surface area contributed by atoms with E-state index in [1.807, 2.05) is 41.9 Å². The summed E-state index contributed by atoms with van der Waals surface area (Å²) in [7, 11) is 4.96. The van der Waals surface area contributed by atoms with Gasteiger partial charge in [0.15, 0.2) is 22.5 Å². The van der Waals surface area contributed by atoms with Crippen LogP contribution in [0.2, 0.25) is 0 Å². The van der Waals surface area contributed by atoms with Crippen molar-refractivity contribution in [2.24, 2.45) is 7.05 Å². The van der Waals surface area contributed by atoms with Gasteiger partial charge >= 0.3 is 0 Å². The van der Waals surface area contributed by atoms with Crippen molar-refractivity contribution in [2.45, 2.75) is 11.8 Å². The Hall–Kier alpha value is -3.20. The van der Waals surface area contributed by atoms with E-state index in [1.54, 1.807) is 32.4 Å². The van der Waals surface area contributed by atoms with Crippen LogP contribution in [0.3, 0.4) is 0 Å². The normalized spacial score (nSPS) is 10.4. The Morgan fingerprint density at radius 2 is 1.83 bits per heavy atom. The first-order valence-electron chi connectivity index (χ1n) is 8.81. The quantitative estimate of drug-likeness (QED) is 0.538. The second-order valence-electron chi connectivity index (χ2n) is 5.97. The highest BCUT2D eigenvalue weighted by Crippen LogP contribution is 2.29. The summed E-state index contributed by atoms with van der Waals surface area (Å²) in [5.74, 6) is 2.63. The van der Waals surface area contributed by atoms with Crippen molar-refractivity contribution >= 4 is 23.4 Å². The molecule has 152 valence electrons. The summed E-state index contributed by atoms with van der Waals surface area (Å²) in [5.41, 5.74) is 0.628. The molecule has 1 N–H and O–H groups in total. The van der Waals surface area contributed by atoms with Crippen LogP contribution in [-0.4, -0.2) is 40.6 Å². The van der Waals surface area contributed by atoms with E-state index in [2.05, 4.69) is 15.5 Å². The minimum atomic E-state index is -0.160. The SMILES string of the molecule is COc1ccc(NC(=O)CSc2nnc(COc3ccccc3)n2C)cc1OC. The molecule has 0 saturated heterocycles. The number of aromatic nitrogens is 3. The molecule has 3 aromatic rings. The predicted octanol–water partition coefficient (Wildman–Crippen LogP) is 3.14. The predicted molar refractivity (Wildman–Crippen MR) is 111 cm³/mol. The molecule has 8 nitrogen and oxygen atoms in total. The average molecular weight is 414 g/mol. The molecule has 0 spiro atoms. The molecule has 0 unspecified atom stereocenters. The summed E-state index contributed by atoms with van der Waals surface area (Å²) in [6, 6.07) is 14.7. The Kier molecular flexibility index (Phi) is 6.96. The van der Waals surface area contributed by atoms with E-state index in [9.17, 15) is 4.79 Å². The Balaban J connectivity index is 1.53. The van der Waals surface area contributed by atoms with Gasteiger partial charge in [-0.05, 0) is 24.3 Å². The Morgan fingerprint density at radius 1 is 1.07 bits per heavy atom. The first-order chi connectivity index (χ1) is 14.1. The minimum absolute atomic E-state index is 0.160. The summed E-state index contributed by atoms with van der Waals surface area (Å²) in [6.45, 7) is 0.298. The van der Waals surface area contributed by atoms with Gasteiger partial charge in [0.2, 0.25) is 5.91 Å². The third-order valence-electron chi connectivity index (χ3n) is 4.04. The molecular weight excluding hydrogens is 392 g/mol. The number of para-hydroxylation sites is 1. The number of anilines is 1. The Bertz CT molecular complexity index is 962. The van der Waals surface area contributed by atoms with Crippen LogP contribution < -0.4 is 19.5 Å². The molecule has 1 aromatic heterocycles. The number of amides is 1. The molecule has 2 aromatic carbocycles. The molecule has 9 heteroatoms. The van der Waals surface area contributed by atoms with E-state index in [0.29, 0.717) is 34.8 Å². The van der Waals surface area contributed by atoms with Gasteiger partial charge in [-0.1, -0.05) is 30.0 Å². The number of methoxy groups -OCH3 is 2. The minimum Gasteiger partial charge on any atom is -0.493 e. The van der Waals surface area contributed by atoms with E-state index in [0.717, 1.165) is 5.75 Å². The third-order valence-corrected chi connectivity index (χ3v) is 5.06. The fourth-order valence-electron chi connectivity index (χ4n) is 2.50. The van der Waals surface area contributed by atoms with Crippen molar-refractivity contribution in [2.75, 3.05) is 25.3 Å². The average Bonchev–Trinajstić information content (AvgIpc) is 3.10. The topological polar surface area (TPSA) is 87.5 Å². The van der Waals surface area contributed by atoms with Crippen molar-refractivity contribution < 1.29 is 19.0 Å². The van der Waals surface area contributed by atoms with Crippen molar-refractivity contribution in [3.05, 3.63) is 54.4 Å². The molecule has 1 heterocycles. The largest absolute Gasteiger partial charge is 0.493 e. The van der Waals surface area contributed by atoms with Crippen molar-refractivity contribution in [1.29, 1.82) is 0 Å². The smallest absolute Gasteiger partial charge is 0.234 e. The van der Waals surface area contributed by atoms with Gasteiger partial charge in [0.05, 0.1) is 20.0 Å². The zero-order valence-corrected chi connectivity index (χ0v) is 17.2. The second kappa shape index (κ2) is 9.83. The molecule has 1 amide bonds. The van der Waals surface area contributed by atoms with E-state index in [-0.39, 0.29) is 11.7 Å². The summed E-state index contributed by atoms with van der Waals surface area (Å²) < 4.78 is 18.0. The van der Waals surface area contributed by atoms with Crippen LogP contribution in [-0.2, 0) is 18.4 Å². The van der Waals surface area contributed by atoms with Gasteiger partial charge in [0.25, 0.3) is 0 Å². The maximum Gasteiger partial charge on any atom is 0.234 e. The molecule has 0 saturated carbocycles.